The predicted molar refractivity (Wildman–Crippen MR) is 76.5 cm³/mol. The molecule has 1 rings (SSSR count). The Morgan fingerprint density at radius 3 is 2.58 bits per heavy atom. The van der Waals surface area contributed by atoms with Gasteiger partial charge in [-0.2, -0.15) is 0 Å². The number of nitro groups is 1. The van der Waals surface area contributed by atoms with E-state index >= 15 is 0 Å². The highest BCUT2D eigenvalue weighted by molar-refractivity contribution is 6.00. The SMILES string of the molecule is C=CCNc1ccc([N+](=O)[O-])cc1C(=O)NC.CC. The molecule has 1 aromatic rings. The number of anilines is 1. The zero-order valence-corrected chi connectivity index (χ0v) is 11.4. The molecule has 19 heavy (non-hydrogen) atoms. The molecule has 0 saturated carbocycles. The predicted octanol–water partition coefficient (Wildman–Crippen LogP) is 2.58. The van der Waals surface area contributed by atoms with Crippen LogP contribution in [0.1, 0.15) is 24.2 Å². The maximum absolute atomic E-state index is 11.6. The van der Waals surface area contributed by atoms with Crippen LogP contribution in [0.5, 0.6) is 0 Å². The lowest BCUT2D eigenvalue weighted by molar-refractivity contribution is -0.384. The number of nitro benzene ring substituents is 1. The first-order valence-electron chi connectivity index (χ1n) is 5.95. The smallest absolute Gasteiger partial charge is 0.270 e. The van der Waals surface area contributed by atoms with E-state index < -0.39 is 4.92 Å². The molecule has 0 fully saturated rings. The second kappa shape index (κ2) is 8.68. The van der Waals surface area contributed by atoms with Crippen LogP contribution in [0, 0.1) is 10.1 Å². The molecule has 0 bridgehead atoms. The summed E-state index contributed by atoms with van der Waals surface area (Å²) in [5, 5.41) is 16.0. The number of non-ortho nitro benzene ring substituents is 1. The summed E-state index contributed by atoms with van der Waals surface area (Å²) in [7, 11) is 1.47. The van der Waals surface area contributed by atoms with Crippen LogP contribution in [-0.2, 0) is 0 Å². The number of nitrogens with one attached hydrogen (secondary N) is 2. The lowest BCUT2D eigenvalue weighted by Crippen LogP contribution is -2.20. The zero-order chi connectivity index (χ0) is 14.8. The molecule has 0 heterocycles. The third-order valence-electron chi connectivity index (χ3n) is 2.12. The number of carbonyl (C=O) groups is 1. The largest absolute Gasteiger partial charge is 0.381 e. The summed E-state index contributed by atoms with van der Waals surface area (Å²) in [4.78, 5) is 21.7. The van der Waals surface area contributed by atoms with Crippen molar-refractivity contribution in [1.82, 2.24) is 5.32 Å². The van der Waals surface area contributed by atoms with Gasteiger partial charge in [-0.3, -0.25) is 14.9 Å². The van der Waals surface area contributed by atoms with Crippen LogP contribution in [0.2, 0.25) is 0 Å². The Kier molecular flexibility index (Phi) is 7.60. The van der Waals surface area contributed by atoms with Gasteiger partial charge in [0.1, 0.15) is 0 Å². The van der Waals surface area contributed by atoms with Crippen molar-refractivity contribution >= 4 is 17.3 Å². The number of carbonyl (C=O) groups excluding carboxylic acids is 1. The van der Waals surface area contributed by atoms with Crippen molar-refractivity contribution in [3.8, 4) is 0 Å². The molecule has 0 aliphatic heterocycles. The molecule has 6 heteroatoms. The van der Waals surface area contributed by atoms with Gasteiger partial charge in [0, 0.05) is 31.4 Å². The quantitative estimate of drug-likeness (QED) is 0.487. The van der Waals surface area contributed by atoms with E-state index in [9.17, 15) is 14.9 Å². The lowest BCUT2D eigenvalue weighted by Gasteiger charge is -2.09. The Balaban J connectivity index is 0.00000154. The van der Waals surface area contributed by atoms with Crippen LogP contribution in [0.25, 0.3) is 0 Å². The summed E-state index contributed by atoms with van der Waals surface area (Å²) in [6.07, 6.45) is 1.63. The Bertz CT molecular complexity index is 458. The molecule has 0 unspecified atom stereocenters. The van der Waals surface area contributed by atoms with E-state index in [4.69, 9.17) is 0 Å². The zero-order valence-electron chi connectivity index (χ0n) is 11.4. The van der Waals surface area contributed by atoms with Crippen molar-refractivity contribution in [3.63, 3.8) is 0 Å². The van der Waals surface area contributed by atoms with E-state index in [1.54, 1.807) is 6.08 Å². The number of nitrogens with zero attached hydrogens (tertiary/aromatic N) is 1. The molecule has 1 aromatic carbocycles. The topological polar surface area (TPSA) is 84.3 Å². The number of hydrogen-bond donors (Lipinski definition) is 2. The summed E-state index contributed by atoms with van der Waals surface area (Å²) >= 11 is 0. The number of hydrogen-bond acceptors (Lipinski definition) is 4. The van der Waals surface area contributed by atoms with Crippen molar-refractivity contribution in [2.75, 3.05) is 18.9 Å². The fourth-order valence-corrected chi connectivity index (χ4v) is 1.30. The number of benzene rings is 1. The van der Waals surface area contributed by atoms with Crippen molar-refractivity contribution in [3.05, 3.63) is 46.5 Å². The number of amides is 1. The molecule has 0 aliphatic rings. The average molecular weight is 265 g/mol. The van der Waals surface area contributed by atoms with E-state index in [1.807, 2.05) is 13.8 Å². The average Bonchev–Trinajstić information content (AvgIpc) is 2.46. The monoisotopic (exact) mass is 265 g/mol. The maximum Gasteiger partial charge on any atom is 0.270 e. The summed E-state index contributed by atoms with van der Waals surface area (Å²) in [5.74, 6) is -0.375. The van der Waals surface area contributed by atoms with E-state index in [0.717, 1.165) is 0 Å². The van der Waals surface area contributed by atoms with E-state index in [1.165, 1.54) is 25.2 Å². The van der Waals surface area contributed by atoms with Crippen LogP contribution in [0.4, 0.5) is 11.4 Å². The second-order valence-electron chi connectivity index (χ2n) is 3.24. The molecule has 1 amide bonds. The van der Waals surface area contributed by atoms with Gasteiger partial charge in [-0.25, -0.2) is 0 Å². The van der Waals surface area contributed by atoms with E-state index in [-0.39, 0.29) is 17.2 Å². The van der Waals surface area contributed by atoms with Crippen LogP contribution >= 0.6 is 0 Å². The van der Waals surface area contributed by atoms with E-state index in [2.05, 4.69) is 17.2 Å². The van der Waals surface area contributed by atoms with Crippen LogP contribution in [-0.4, -0.2) is 24.4 Å². The van der Waals surface area contributed by atoms with Crippen molar-refractivity contribution in [2.24, 2.45) is 0 Å². The van der Waals surface area contributed by atoms with Gasteiger partial charge in [-0.1, -0.05) is 19.9 Å². The molecular formula is C13H19N3O3. The normalized spacial score (nSPS) is 8.79. The fraction of sp³-hybridized carbons (Fsp3) is 0.308. The molecule has 0 atom stereocenters. The van der Waals surface area contributed by atoms with Crippen LogP contribution in [0.3, 0.4) is 0 Å². The lowest BCUT2D eigenvalue weighted by atomic mass is 10.1. The molecule has 0 aromatic heterocycles. The van der Waals surface area contributed by atoms with Gasteiger partial charge in [0.05, 0.1) is 10.5 Å². The molecule has 2 N–H and O–H groups in total. The minimum absolute atomic E-state index is 0.118. The standard InChI is InChI=1S/C11H13N3O3.C2H6/c1-3-6-13-10-5-4-8(14(16)17)7-9(10)11(15)12-2;1-2/h3-5,7,13H,1,6H2,2H3,(H,12,15);1-2H3. The van der Waals surface area contributed by atoms with Crippen LogP contribution < -0.4 is 10.6 Å². The molecule has 0 spiro atoms. The molecule has 0 radical (unpaired) electrons. The van der Waals surface area contributed by atoms with Gasteiger partial charge >= 0.3 is 0 Å². The highest BCUT2D eigenvalue weighted by Gasteiger charge is 2.15. The summed E-state index contributed by atoms with van der Waals surface area (Å²) in [5.41, 5.74) is 0.658. The molecule has 0 saturated heterocycles. The Labute approximate surface area is 112 Å². The molecule has 6 nitrogen and oxygen atoms in total. The van der Waals surface area contributed by atoms with Gasteiger partial charge in [0.2, 0.25) is 0 Å². The molecule has 0 aliphatic carbocycles. The Morgan fingerprint density at radius 2 is 2.11 bits per heavy atom. The van der Waals surface area contributed by atoms with E-state index in [0.29, 0.717) is 12.2 Å². The van der Waals surface area contributed by atoms with Gasteiger partial charge in [0.25, 0.3) is 11.6 Å². The van der Waals surface area contributed by atoms with Gasteiger partial charge in [-0.15, -0.1) is 6.58 Å². The van der Waals surface area contributed by atoms with Gasteiger partial charge < -0.3 is 10.6 Å². The van der Waals surface area contributed by atoms with Crippen molar-refractivity contribution in [1.29, 1.82) is 0 Å². The summed E-state index contributed by atoms with van der Waals surface area (Å²) in [6, 6.07) is 4.09. The fourth-order valence-electron chi connectivity index (χ4n) is 1.30. The number of rotatable bonds is 5. The van der Waals surface area contributed by atoms with Crippen molar-refractivity contribution in [2.45, 2.75) is 13.8 Å². The summed E-state index contributed by atoms with van der Waals surface area (Å²) < 4.78 is 0. The van der Waals surface area contributed by atoms with Gasteiger partial charge in [0.15, 0.2) is 0 Å². The minimum Gasteiger partial charge on any atom is -0.381 e. The Hall–Kier alpha value is -2.37. The second-order valence-corrected chi connectivity index (χ2v) is 3.24. The first kappa shape index (κ1) is 16.6. The van der Waals surface area contributed by atoms with Crippen LogP contribution in [0.15, 0.2) is 30.9 Å². The molecule has 104 valence electrons. The highest BCUT2D eigenvalue weighted by atomic mass is 16.6. The Morgan fingerprint density at radius 1 is 1.47 bits per heavy atom. The van der Waals surface area contributed by atoms with Gasteiger partial charge in [-0.05, 0) is 6.07 Å². The highest BCUT2D eigenvalue weighted by Crippen LogP contribution is 2.21. The van der Waals surface area contributed by atoms with Crippen molar-refractivity contribution < 1.29 is 9.72 Å². The third kappa shape index (κ3) is 4.79. The first-order chi connectivity index (χ1) is 9.10. The minimum atomic E-state index is -0.538. The maximum atomic E-state index is 11.6. The first-order valence-corrected chi connectivity index (χ1v) is 5.95. The molecular weight excluding hydrogens is 246 g/mol. The summed E-state index contributed by atoms with van der Waals surface area (Å²) in [6.45, 7) is 8.02. The third-order valence-corrected chi connectivity index (χ3v) is 2.12.